The van der Waals surface area contributed by atoms with E-state index in [-0.39, 0.29) is 5.91 Å². The Hall–Kier alpha value is -2.35. The van der Waals surface area contributed by atoms with Crippen LogP contribution in [0.4, 0.5) is 5.69 Å². The Morgan fingerprint density at radius 3 is 2.16 bits per heavy atom. The first-order valence-electron chi connectivity index (χ1n) is 9.46. The fourth-order valence-electron chi connectivity index (χ4n) is 2.98. The Balaban J connectivity index is 1.67. The van der Waals surface area contributed by atoms with Gasteiger partial charge in [0.1, 0.15) is 5.75 Å². The van der Waals surface area contributed by atoms with Crippen molar-refractivity contribution in [2.45, 2.75) is 6.54 Å². The molecule has 31 heavy (non-hydrogen) atoms. The van der Waals surface area contributed by atoms with Crippen LogP contribution in [-0.2, 0) is 11.3 Å². The molecule has 0 saturated carbocycles. The number of hydrogen-bond donors (Lipinski definition) is 0. The van der Waals surface area contributed by atoms with Gasteiger partial charge in [-0.05, 0) is 77.5 Å². The van der Waals surface area contributed by atoms with Crippen molar-refractivity contribution in [3.8, 4) is 5.75 Å². The number of aliphatic imine (C=N–C) groups is 1. The van der Waals surface area contributed by atoms with Gasteiger partial charge in [0.15, 0.2) is 5.17 Å². The Bertz CT molecular complexity index is 1140. The highest BCUT2D eigenvalue weighted by molar-refractivity contribution is 9.10. The number of thioether (sulfide) groups is 1. The van der Waals surface area contributed by atoms with Gasteiger partial charge >= 0.3 is 0 Å². The van der Waals surface area contributed by atoms with Gasteiger partial charge in [0.25, 0.3) is 5.91 Å². The number of amidine groups is 1. The third-order valence-corrected chi connectivity index (χ3v) is 6.67. The van der Waals surface area contributed by atoms with Crippen LogP contribution in [0, 0.1) is 0 Å². The number of nitrogens with zero attached hydrogens (tertiary/aromatic N) is 2. The summed E-state index contributed by atoms with van der Waals surface area (Å²) in [6, 6.07) is 23.3. The van der Waals surface area contributed by atoms with E-state index in [0.717, 1.165) is 31.5 Å². The largest absolute Gasteiger partial charge is 0.497 e. The summed E-state index contributed by atoms with van der Waals surface area (Å²) in [5.74, 6) is 0.727. The summed E-state index contributed by atoms with van der Waals surface area (Å²) in [4.78, 5) is 20.4. The molecule has 4 nitrogen and oxygen atoms in total. The second-order valence-electron chi connectivity index (χ2n) is 6.77. The van der Waals surface area contributed by atoms with E-state index in [1.807, 2.05) is 78.9 Å². The summed E-state index contributed by atoms with van der Waals surface area (Å²) < 4.78 is 7.22. The molecule has 0 radical (unpaired) electrons. The van der Waals surface area contributed by atoms with E-state index in [2.05, 4.69) is 31.9 Å². The van der Waals surface area contributed by atoms with Crippen LogP contribution in [-0.4, -0.2) is 23.1 Å². The van der Waals surface area contributed by atoms with E-state index in [9.17, 15) is 4.79 Å². The van der Waals surface area contributed by atoms with E-state index in [4.69, 9.17) is 9.73 Å². The third-order valence-electron chi connectivity index (χ3n) is 4.61. The molecule has 0 bridgehead atoms. The fraction of sp³-hybridized carbons (Fsp3) is 0.0833. The Morgan fingerprint density at radius 1 is 0.935 bits per heavy atom. The molecule has 0 spiro atoms. The van der Waals surface area contributed by atoms with Crippen molar-refractivity contribution >= 4 is 66.5 Å². The molecule has 1 aliphatic rings. The Kier molecular flexibility index (Phi) is 6.95. The highest BCUT2D eigenvalue weighted by Gasteiger charge is 2.33. The molecule has 3 aromatic carbocycles. The summed E-state index contributed by atoms with van der Waals surface area (Å²) >= 11 is 8.28. The zero-order valence-electron chi connectivity index (χ0n) is 16.6. The zero-order valence-corrected chi connectivity index (χ0v) is 20.6. The van der Waals surface area contributed by atoms with Crippen LogP contribution in [0.15, 0.2) is 91.6 Å². The van der Waals surface area contributed by atoms with Crippen LogP contribution in [0.2, 0.25) is 0 Å². The van der Waals surface area contributed by atoms with Gasteiger partial charge < -0.3 is 4.74 Å². The smallest absolute Gasteiger partial charge is 0.267 e. The molecule has 1 amide bonds. The van der Waals surface area contributed by atoms with Crippen LogP contribution < -0.4 is 4.74 Å². The van der Waals surface area contributed by atoms with E-state index >= 15 is 0 Å². The lowest BCUT2D eigenvalue weighted by atomic mass is 10.2. The van der Waals surface area contributed by atoms with Gasteiger partial charge in [0, 0.05) is 8.95 Å². The number of carbonyl (C=O) groups is 1. The molecule has 7 heteroatoms. The van der Waals surface area contributed by atoms with Gasteiger partial charge in [-0.25, -0.2) is 4.99 Å². The van der Waals surface area contributed by atoms with Gasteiger partial charge in [-0.15, -0.1) is 0 Å². The third kappa shape index (κ3) is 5.47. The number of ether oxygens (including phenoxy) is 1. The molecule has 156 valence electrons. The lowest BCUT2D eigenvalue weighted by Gasteiger charge is -2.16. The number of methoxy groups -OCH3 is 1. The van der Waals surface area contributed by atoms with E-state index in [1.165, 1.54) is 11.8 Å². The van der Waals surface area contributed by atoms with E-state index < -0.39 is 0 Å². The molecule has 1 aliphatic heterocycles. The van der Waals surface area contributed by atoms with Crippen molar-refractivity contribution in [1.82, 2.24) is 4.90 Å². The molecular formula is C24H18Br2N2O2S. The number of halogens is 2. The first-order chi connectivity index (χ1) is 15.0. The lowest BCUT2D eigenvalue weighted by molar-refractivity contribution is -0.122. The van der Waals surface area contributed by atoms with Gasteiger partial charge in [-0.2, -0.15) is 0 Å². The standard InChI is InChI=1S/C24H18Br2N2O2S/c1-30-21-12-4-17(5-13-21)15-28-23(29)22(14-16-2-6-18(25)7-3-16)31-24(28)27-20-10-8-19(26)9-11-20/h2-14H,15H2,1H3. The maximum Gasteiger partial charge on any atom is 0.267 e. The topological polar surface area (TPSA) is 41.9 Å². The minimum absolute atomic E-state index is 0.0559. The molecule has 4 rings (SSSR count). The van der Waals surface area contributed by atoms with E-state index in [0.29, 0.717) is 16.6 Å². The Morgan fingerprint density at radius 2 is 1.55 bits per heavy atom. The normalized spacial score (nSPS) is 16.4. The first kappa shape index (κ1) is 21.9. The van der Waals surface area contributed by atoms with Crippen LogP contribution in [0.25, 0.3) is 6.08 Å². The molecule has 1 heterocycles. The predicted octanol–water partition coefficient (Wildman–Crippen LogP) is 7.02. The molecule has 0 aliphatic carbocycles. The molecular weight excluding hydrogens is 540 g/mol. The molecule has 0 aromatic heterocycles. The average molecular weight is 558 g/mol. The van der Waals surface area contributed by atoms with Crippen molar-refractivity contribution in [2.75, 3.05) is 7.11 Å². The van der Waals surface area contributed by atoms with Gasteiger partial charge in [-0.1, -0.05) is 56.1 Å². The zero-order chi connectivity index (χ0) is 21.8. The average Bonchev–Trinajstić information content (AvgIpc) is 3.06. The van der Waals surface area contributed by atoms with Gasteiger partial charge in [0.05, 0.1) is 24.2 Å². The second kappa shape index (κ2) is 9.85. The van der Waals surface area contributed by atoms with Crippen LogP contribution >= 0.6 is 43.6 Å². The van der Waals surface area contributed by atoms with Crippen molar-refractivity contribution < 1.29 is 9.53 Å². The van der Waals surface area contributed by atoms with Crippen molar-refractivity contribution in [1.29, 1.82) is 0 Å². The summed E-state index contributed by atoms with van der Waals surface area (Å²) in [5.41, 5.74) is 2.76. The predicted molar refractivity (Wildman–Crippen MR) is 134 cm³/mol. The monoisotopic (exact) mass is 556 g/mol. The highest BCUT2D eigenvalue weighted by Crippen LogP contribution is 2.35. The lowest BCUT2D eigenvalue weighted by Crippen LogP contribution is -2.28. The molecule has 1 fully saturated rings. The van der Waals surface area contributed by atoms with Crippen molar-refractivity contribution in [2.24, 2.45) is 4.99 Å². The molecule has 0 unspecified atom stereocenters. The Labute approximate surface area is 202 Å². The molecule has 0 atom stereocenters. The van der Waals surface area contributed by atoms with E-state index in [1.54, 1.807) is 12.0 Å². The second-order valence-corrected chi connectivity index (χ2v) is 9.61. The van der Waals surface area contributed by atoms with Gasteiger partial charge in [0.2, 0.25) is 0 Å². The summed E-state index contributed by atoms with van der Waals surface area (Å²) in [6.07, 6.45) is 1.91. The number of benzene rings is 3. The first-order valence-corrected chi connectivity index (χ1v) is 11.9. The quantitative estimate of drug-likeness (QED) is 0.316. The van der Waals surface area contributed by atoms with Crippen LogP contribution in [0.3, 0.4) is 0 Å². The van der Waals surface area contributed by atoms with Crippen LogP contribution in [0.5, 0.6) is 5.75 Å². The number of hydrogen-bond acceptors (Lipinski definition) is 4. The van der Waals surface area contributed by atoms with Crippen molar-refractivity contribution in [3.05, 3.63) is 97.8 Å². The number of amides is 1. The molecule has 1 saturated heterocycles. The maximum absolute atomic E-state index is 13.3. The molecule has 3 aromatic rings. The van der Waals surface area contributed by atoms with Crippen LogP contribution in [0.1, 0.15) is 11.1 Å². The minimum Gasteiger partial charge on any atom is -0.497 e. The number of rotatable bonds is 5. The number of carbonyl (C=O) groups excluding carboxylic acids is 1. The fourth-order valence-corrected chi connectivity index (χ4v) is 4.51. The summed E-state index contributed by atoms with van der Waals surface area (Å²) in [6.45, 7) is 0.433. The highest BCUT2D eigenvalue weighted by atomic mass is 79.9. The van der Waals surface area contributed by atoms with Crippen molar-refractivity contribution in [3.63, 3.8) is 0 Å². The minimum atomic E-state index is -0.0559. The maximum atomic E-state index is 13.3. The SMILES string of the molecule is COc1ccc(CN2C(=O)C(=Cc3ccc(Br)cc3)SC2=Nc2ccc(Br)cc2)cc1. The summed E-state index contributed by atoms with van der Waals surface area (Å²) in [7, 11) is 1.64. The molecule has 0 N–H and O–H groups in total. The van der Waals surface area contributed by atoms with Gasteiger partial charge in [-0.3, -0.25) is 9.69 Å². The summed E-state index contributed by atoms with van der Waals surface area (Å²) in [5, 5.41) is 0.659.